The van der Waals surface area contributed by atoms with Crippen molar-refractivity contribution in [2.45, 2.75) is 45.1 Å². The summed E-state index contributed by atoms with van der Waals surface area (Å²) in [6.45, 7) is 5.64. The zero-order valence-electron chi connectivity index (χ0n) is 10.2. The van der Waals surface area contributed by atoms with Crippen molar-refractivity contribution < 1.29 is 9.90 Å². The zero-order chi connectivity index (χ0) is 12.2. The predicted octanol–water partition coefficient (Wildman–Crippen LogP) is 2.69. The van der Waals surface area contributed by atoms with E-state index in [1.54, 1.807) is 13.8 Å². The fourth-order valence-electron chi connectivity index (χ4n) is 1.79. The molecule has 1 aromatic rings. The topological polar surface area (TPSA) is 37.3 Å². The first-order valence-electron chi connectivity index (χ1n) is 5.67. The monoisotopic (exact) mass is 220 g/mol. The lowest BCUT2D eigenvalue weighted by Crippen LogP contribution is -2.21. The highest BCUT2D eigenvalue weighted by molar-refractivity contribution is 5.51. The van der Waals surface area contributed by atoms with Gasteiger partial charge >= 0.3 is 0 Å². The standard InChI is InChI=1S/C14H20O2/c1-11(7-8-15)13-6-4-5-12(9-13)10-14(2,3)16/h4-6,8-9,11,16H,7,10H2,1-3H3. The Morgan fingerprint density at radius 2 is 2.12 bits per heavy atom. The molecule has 2 heteroatoms. The van der Waals surface area contributed by atoms with Gasteiger partial charge in [-0.1, -0.05) is 31.2 Å². The Morgan fingerprint density at radius 1 is 1.44 bits per heavy atom. The van der Waals surface area contributed by atoms with E-state index in [9.17, 15) is 9.90 Å². The Morgan fingerprint density at radius 3 is 2.69 bits per heavy atom. The number of hydrogen-bond donors (Lipinski definition) is 1. The Kier molecular flexibility index (Phi) is 4.25. The molecule has 0 amide bonds. The number of hydrogen-bond acceptors (Lipinski definition) is 2. The largest absolute Gasteiger partial charge is 0.390 e. The molecule has 1 atom stereocenters. The lowest BCUT2D eigenvalue weighted by molar-refractivity contribution is -0.108. The first kappa shape index (κ1) is 12.9. The average Bonchev–Trinajstić information content (AvgIpc) is 2.16. The molecule has 0 fully saturated rings. The molecule has 0 heterocycles. The molecule has 0 saturated carbocycles. The summed E-state index contributed by atoms with van der Waals surface area (Å²) in [5.41, 5.74) is 1.59. The SMILES string of the molecule is CC(CC=O)c1cccc(CC(C)(C)O)c1. The summed E-state index contributed by atoms with van der Waals surface area (Å²) >= 11 is 0. The third-order valence-corrected chi connectivity index (χ3v) is 2.61. The van der Waals surface area contributed by atoms with Crippen LogP contribution in [0.25, 0.3) is 0 Å². The number of benzene rings is 1. The Labute approximate surface area is 97.3 Å². The quantitative estimate of drug-likeness (QED) is 0.775. The number of rotatable bonds is 5. The van der Waals surface area contributed by atoms with Gasteiger partial charge in [-0.05, 0) is 30.9 Å². The van der Waals surface area contributed by atoms with Gasteiger partial charge in [0.2, 0.25) is 0 Å². The first-order valence-corrected chi connectivity index (χ1v) is 5.67. The molecule has 1 aromatic carbocycles. The predicted molar refractivity (Wildman–Crippen MR) is 65.5 cm³/mol. The van der Waals surface area contributed by atoms with Gasteiger partial charge in [0.1, 0.15) is 6.29 Å². The van der Waals surface area contributed by atoms with E-state index in [1.807, 2.05) is 25.1 Å². The maximum absolute atomic E-state index is 10.5. The van der Waals surface area contributed by atoms with Crippen LogP contribution in [-0.2, 0) is 11.2 Å². The van der Waals surface area contributed by atoms with Gasteiger partial charge < -0.3 is 9.90 Å². The minimum absolute atomic E-state index is 0.249. The van der Waals surface area contributed by atoms with Crippen molar-refractivity contribution in [3.63, 3.8) is 0 Å². The number of carbonyl (C=O) groups is 1. The van der Waals surface area contributed by atoms with Crippen LogP contribution in [0.5, 0.6) is 0 Å². The second-order valence-electron chi connectivity index (χ2n) is 5.04. The Balaban J connectivity index is 2.82. The molecule has 0 radical (unpaired) electrons. The summed E-state index contributed by atoms with van der Waals surface area (Å²) in [6.07, 6.45) is 2.13. The summed E-state index contributed by atoms with van der Waals surface area (Å²) in [5.74, 6) is 0.249. The Bertz CT molecular complexity index is 350. The molecule has 0 aromatic heterocycles. The minimum Gasteiger partial charge on any atom is -0.390 e. The zero-order valence-corrected chi connectivity index (χ0v) is 10.2. The second-order valence-corrected chi connectivity index (χ2v) is 5.04. The Hall–Kier alpha value is -1.15. The molecule has 0 aliphatic rings. The highest BCUT2D eigenvalue weighted by Crippen LogP contribution is 2.21. The van der Waals surface area contributed by atoms with Gasteiger partial charge in [0.05, 0.1) is 5.60 Å². The van der Waals surface area contributed by atoms with Crippen LogP contribution in [0, 0.1) is 0 Å². The van der Waals surface area contributed by atoms with Crippen molar-refractivity contribution in [2.24, 2.45) is 0 Å². The van der Waals surface area contributed by atoms with Crippen LogP contribution in [0.3, 0.4) is 0 Å². The van der Waals surface area contributed by atoms with Gasteiger partial charge in [-0.25, -0.2) is 0 Å². The minimum atomic E-state index is -0.688. The highest BCUT2D eigenvalue weighted by Gasteiger charge is 2.14. The van der Waals surface area contributed by atoms with Gasteiger partial charge in [0.25, 0.3) is 0 Å². The van der Waals surface area contributed by atoms with Gasteiger partial charge in [-0.2, -0.15) is 0 Å². The van der Waals surface area contributed by atoms with Crippen molar-refractivity contribution in [3.05, 3.63) is 35.4 Å². The van der Waals surface area contributed by atoms with Gasteiger partial charge in [0, 0.05) is 12.8 Å². The molecular formula is C14H20O2. The van der Waals surface area contributed by atoms with Crippen molar-refractivity contribution in [1.29, 1.82) is 0 Å². The summed E-state index contributed by atoms with van der Waals surface area (Å²) < 4.78 is 0. The number of carbonyl (C=O) groups excluding carboxylic acids is 1. The van der Waals surface area contributed by atoms with E-state index >= 15 is 0 Å². The van der Waals surface area contributed by atoms with Crippen LogP contribution < -0.4 is 0 Å². The van der Waals surface area contributed by atoms with E-state index in [-0.39, 0.29) is 5.92 Å². The molecule has 1 rings (SSSR count). The summed E-state index contributed by atoms with van der Waals surface area (Å²) in [7, 11) is 0. The van der Waals surface area contributed by atoms with Crippen molar-refractivity contribution in [1.82, 2.24) is 0 Å². The molecule has 0 saturated heterocycles. The van der Waals surface area contributed by atoms with E-state index in [2.05, 4.69) is 6.07 Å². The summed E-state index contributed by atoms with van der Waals surface area (Å²) in [4.78, 5) is 10.5. The maximum atomic E-state index is 10.5. The van der Waals surface area contributed by atoms with E-state index < -0.39 is 5.60 Å². The molecule has 1 N–H and O–H groups in total. The molecule has 16 heavy (non-hydrogen) atoms. The maximum Gasteiger partial charge on any atom is 0.120 e. The molecule has 2 nitrogen and oxygen atoms in total. The van der Waals surface area contributed by atoms with Crippen molar-refractivity contribution in [3.8, 4) is 0 Å². The van der Waals surface area contributed by atoms with Crippen LogP contribution >= 0.6 is 0 Å². The highest BCUT2D eigenvalue weighted by atomic mass is 16.3. The van der Waals surface area contributed by atoms with E-state index in [0.717, 1.165) is 17.4 Å². The third kappa shape index (κ3) is 4.15. The van der Waals surface area contributed by atoms with Crippen molar-refractivity contribution in [2.75, 3.05) is 0 Å². The van der Waals surface area contributed by atoms with Crippen LogP contribution in [0.4, 0.5) is 0 Å². The first-order chi connectivity index (χ1) is 7.42. The number of aldehydes is 1. The van der Waals surface area contributed by atoms with Gasteiger partial charge in [-0.15, -0.1) is 0 Å². The molecule has 0 aliphatic carbocycles. The molecule has 0 bridgehead atoms. The molecule has 88 valence electrons. The third-order valence-electron chi connectivity index (χ3n) is 2.61. The lowest BCUT2D eigenvalue weighted by Gasteiger charge is -2.18. The fourth-order valence-corrected chi connectivity index (χ4v) is 1.79. The second kappa shape index (κ2) is 5.26. The normalized spacial score (nSPS) is 13.5. The number of aliphatic hydroxyl groups is 1. The van der Waals surface area contributed by atoms with E-state index in [0.29, 0.717) is 12.8 Å². The average molecular weight is 220 g/mol. The van der Waals surface area contributed by atoms with Crippen LogP contribution in [0.1, 0.15) is 44.2 Å². The van der Waals surface area contributed by atoms with Gasteiger partial charge in [-0.3, -0.25) is 0 Å². The van der Waals surface area contributed by atoms with E-state index in [4.69, 9.17) is 0 Å². The summed E-state index contributed by atoms with van der Waals surface area (Å²) in [5, 5.41) is 9.75. The molecular weight excluding hydrogens is 200 g/mol. The van der Waals surface area contributed by atoms with Gasteiger partial charge in [0.15, 0.2) is 0 Å². The van der Waals surface area contributed by atoms with Crippen molar-refractivity contribution >= 4 is 6.29 Å². The van der Waals surface area contributed by atoms with E-state index in [1.165, 1.54) is 0 Å². The van der Waals surface area contributed by atoms with Crippen LogP contribution in [0.15, 0.2) is 24.3 Å². The van der Waals surface area contributed by atoms with Crippen LogP contribution in [-0.4, -0.2) is 17.0 Å². The van der Waals surface area contributed by atoms with Crippen LogP contribution in [0.2, 0.25) is 0 Å². The molecule has 0 spiro atoms. The fraction of sp³-hybridized carbons (Fsp3) is 0.500. The smallest absolute Gasteiger partial charge is 0.120 e. The summed E-state index contributed by atoms with van der Waals surface area (Å²) in [6, 6.07) is 8.10. The molecule has 0 aliphatic heterocycles. The molecule has 1 unspecified atom stereocenters. The lowest BCUT2D eigenvalue weighted by atomic mass is 9.92.